The minimum absolute atomic E-state index is 0.114. The molecule has 0 aromatic carbocycles. The molecule has 0 bridgehead atoms. The van der Waals surface area contributed by atoms with Gasteiger partial charge in [0.25, 0.3) is 0 Å². The zero-order valence-electron chi connectivity index (χ0n) is 10.3. The highest BCUT2D eigenvalue weighted by atomic mass is 16.4. The molecule has 2 aliphatic heterocycles. The second-order valence-electron chi connectivity index (χ2n) is 4.90. The van der Waals surface area contributed by atoms with Crippen molar-refractivity contribution in [2.45, 2.75) is 38.1 Å². The first-order valence-electron chi connectivity index (χ1n) is 6.41. The molecule has 0 aromatic heterocycles. The van der Waals surface area contributed by atoms with E-state index in [4.69, 9.17) is 5.11 Å². The third-order valence-corrected chi connectivity index (χ3v) is 3.67. The first kappa shape index (κ1) is 12.9. The van der Waals surface area contributed by atoms with Crippen LogP contribution < -0.4 is 0 Å². The fourth-order valence-corrected chi connectivity index (χ4v) is 2.73. The van der Waals surface area contributed by atoms with E-state index in [1.807, 2.05) is 0 Å². The predicted octanol–water partition coefficient (Wildman–Crippen LogP) is 0.0745. The van der Waals surface area contributed by atoms with Gasteiger partial charge in [0.1, 0.15) is 0 Å². The molecule has 2 aliphatic rings. The van der Waals surface area contributed by atoms with Crippen LogP contribution in [0, 0.1) is 0 Å². The van der Waals surface area contributed by atoms with Crippen LogP contribution in [0.25, 0.3) is 0 Å². The summed E-state index contributed by atoms with van der Waals surface area (Å²) in [5.41, 5.74) is 0. The van der Waals surface area contributed by atoms with Crippen LogP contribution >= 0.6 is 0 Å². The molecule has 1 atom stereocenters. The van der Waals surface area contributed by atoms with Crippen molar-refractivity contribution in [2.24, 2.45) is 0 Å². The molecule has 1 N–H and O–H groups in total. The zero-order valence-corrected chi connectivity index (χ0v) is 10.3. The van der Waals surface area contributed by atoms with Crippen LogP contribution in [0.2, 0.25) is 0 Å². The molecule has 2 rings (SSSR count). The van der Waals surface area contributed by atoms with Crippen molar-refractivity contribution < 1.29 is 19.5 Å². The number of piperidine rings is 1. The molecule has 2 saturated heterocycles. The molecule has 2 amide bonds. The highest BCUT2D eigenvalue weighted by molar-refractivity contribution is 6.31. The molecule has 1 unspecified atom stereocenters. The lowest BCUT2D eigenvalue weighted by molar-refractivity contribution is -0.158. The van der Waals surface area contributed by atoms with Crippen molar-refractivity contribution in [3.63, 3.8) is 0 Å². The SMILES string of the molecule is O=C(O)C(=O)N1CCCCC1CN1CCCC1=O. The molecule has 0 spiro atoms. The maximum atomic E-state index is 11.6. The second kappa shape index (κ2) is 5.37. The van der Waals surface area contributed by atoms with Crippen LogP contribution in [0.5, 0.6) is 0 Å². The van der Waals surface area contributed by atoms with Gasteiger partial charge < -0.3 is 14.9 Å². The number of carboxylic acid groups (broad SMARTS) is 1. The number of aliphatic carboxylic acids is 1. The fourth-order valence-electron chi connectivity index (χ4n) is 2.73. The first-order chi connectivity index (χ1) is 8.59. The summed E-state index contributed by atoms with van der Waals surface area (Å²) in [5.74, 6) is -2.13. The van der Waals surface area contributed by atoms with E-state index >= 15 is 0 Å². The highest BCUT2D eigenvalue weighted by Crippen LogP contribution is 2.20. The molecule has 0 aliphatic carbocycles. The number of amides is 2. The van der Waals surface area contributed by atoms with Gasteiger partial charge in [0.2, 0.25) is 5.91 Å². The molecule has 0 radical (unpaired) electrons. The Morgan fingerprint density at radius 3 is 2.61 bits per heavy atom. The predicted molar refractivity (Wildman–Crippen MR) is 62.8 cm³/mol. The summed E-state index contributed by atoms with van der Waals surface area (Å²) < 4.78 is 0. The van der Waals surface area contributed by atoms with E-state index in [-0.39, 0.29) is 11.9 Å². The summed E-state index contributed by atoms with van der Waals surface area (Å²) in [5, 5.41) is 8.79. The van der Waals surface area contributed by atoms with Crippen LogP contribution in [-0.4, -0.2) is 58.4 Å². The fraction of sp³-hybridized carbons (Fsp3) is 0.750. The third kappa shape index (κ3) is 2.63. The van der Waals surface area contributed by atoms with Crippen molar-refractivity contribution >= 4 is 17.8 Å². The van der Waals surface area contributed by atoms with Crippen molar-refractivity contribution in [2.75, 3.05) is 19.6 Å². The molecule has 0 saturated carbocycles. The molecule has 18 heavy (non-hydrogen) atoms. The van der Waals surface area contributed by atoms with Gasteiger partial charge >= 0.3 is 11.9 Å². The zero-order chi connectivity index (χ0) is 13.1. The Hall–Kier alpha value is -1.59. The van der Waals surface area contributed by atoms with Crippen LogP contribution in [0.1, 0.15) is 32.1 Å². The van der Waals surface area contributed by atoms with E-state index in [0.29, 0.717) is 19.5 Å². The lowest BCUT2D eigenvalue weighted by Gasteiger charge is -2.36. The average Bonchev–Trinajstić information content (AvgIpc) is 2.75. The highest BCUT2D eigenvalue weighted by Gasteiger charge is 2.33. The molecule has 100 valence electrons. The van der Waals surface area contributed by atoms with Crippen molar-refractivity contribution in [1.82, 2.24) is 9.80 Å². The molecule has 2 fully saturated rings. The Morgan fingerprint density at radius 2 is 2.00 bits per heavy atom. The number of carbonyl (C=O) groups is 3. The van der Waals surface area contributed by atoms with Gasteiger partial charge in [-0.1, -0.05) is 0 Å². The number of hydrogen-bond donors (Lipinski definition) is 1. The maximum Gasteiger partial charge on any atom is 0.394 e. The number of nitrogens with zero attached hydrogens (tertiary/aromatic N) is 2. The lowest BCUT2D eigenvalue weighted by atomic mass is 10.0. The first-order valence-corrected chi connectivity index (χ1v) is 6.41. The summed E-state index contributed by atoms with van der Waals surface area (Å²) in [6.07, 6.45) is 4.03. The van der Waals surface area contributed by atoms with E-state index in [9.17, 15) is 14.4 Å². The van der Waals surface area contributed by atoms with Crippen molar-refractivity contribution in [3.8, 4) is 0 Å². The number of likely N-dealkylation sites (tertiary alicyclic amines) is 2. The lowest BCUT2D eigenvalue weighted by Crippen LogP contribution is -2.51. The standard InChI is InChI=1S/C12H18N2O4/c15-10-5-3-6-13(10)8-9-4-1-2-7-14(9)11(16)12(17)18/h9H,1-8H2,(H,17,18). The number of carbonyl (C=O) groups excluding carboxylic acids is 2. The third-order valence-electron chi connectivity index (χ3n) is 3.67. The van der Waals surface area contributed by atoms with Crippen LogP contribution in [0.15, 0.2) is 0 Å². The van der Waals surface area contributed by atoms with Crippen molar-refractivity contribution in [1.29, 1.82) is 0 Å². The summed E-state index contributed by atoms with van der Waals surface area (Å²) in [4.78, 5) is 37.1. The Labute approximate surface area is 106 Å². The molecule has 6 heteroatoms. The summed E-state index contributed by atoms with van der Waals surface area (Å²) >= 11 is 0. The quantitative estimate of drug-likeness (QED) is 0.708. The summed E-state index contributed by atoms with van der Waals surface area (Å²) in [7, 11) is 0. The molecule has 0 aromatic rings. The van der Waals surface area contributed by atoms with Gasteiger partial charge in [-0.3, -0.25) is 9.59 Å². The summed E-state index contributed by atoms with van der Waals surface area (Å²) in [6.45, 7) is 1.69. The van der Waals surface area contributed by atoms with Gasteiger partial charge in [0.05, 0.1) is 0 Å². The largest absolute Gasteiger partial charge is 0.474 e. The van der Waals surface area contributed by atoms with Crippen molar-refractivity contribution in [3.05, 3.63) is 0 Å². The topological polar surface area (TPSA) is 77.9 Å². The minimum Gasteiger partial charge on any atom is -0.474 e. The smallest absolute Gasteiger partial charge is 0.394 e. The van der Waals surface area contributed by atoms with Gasteiger partial charge in [-0.25, -0.2) is 4.79 Å². The molecular formula is C12H18N2O4. The molecule has 6 nitrogen and oxygen atoms in total. The van der Waals surface area contributed by atoms with Gasteiger partial charge in [-0.2, -0.15) is 0 Å². The molecular weight excluding hydrogens is 236 g/mol. The minimum atomic E-state index is -1.41. The number of hydrogen-bond acceptors (Lipinski definition) is 3. The van der Waals surface area contributed by atoms with Gasteiger partial charge in [-0.15, -0.1) is 0 Å². The van der Waals surface area contributed by atoms with Gasteiger partial charge in [0, 0.05) is 32.1 Å². The Bertz CT molecular complexity index is 369. The Kier molecular flexibility index (Phi) is 3.84. The van der Waals surface area contributed by atoms with E-state index in [1.165, 1.54) is 4.90 Å². The van der Waals surface area contributed by atoms with E-state index in [2.05, 4.69) is 0 Å². The number of rotatable bonds is 2. The van der Waals surface area contributed by atoms with E-state index < -0.39 is 11.9 Å². The Morgan fingerprint density at radius 1 is 1.22 bits per heavy atom. The van der Waals surface area contributed by atoms with Gasteiger partial charge in [-0.05, 0) is 25.7 Å². The van der Waals surface area contributed by atoms with Crippen LogP contribution in [-0.2, 0) is 14.4 Å². The number of carboxylic acids is 1. The average molecular weight is 254 g/mol. The van der Waals surface area contributed by atoms with Gasteiger partial charge in [0.15, 0.2) is 0 Å². The normalized spacial score (nSPS) is 24.4. The van der Waals surface area contributed by atoms with Crippen LogP contribution in [0.3, 0.4) is 0 Å². The van der Waals surface area contributed by atoms with Crippen LogP contribution in [0.4, 0.5) is 0 Å². The monoisotopic (exact) mass is 254 g/mol. The maximum absolute atomic E-state index is 11.6. The van der Waals surface area contributed by atoms with E-state index in [1.54, 1.807) is 4.90 Å². The van der Waals surface area contributed by atoms with E-state index in [0.717, 1.165) is 32.2 Å². The molecule has 2 heterocycles. The Balaban J connectivity index is 2.01. The summed E-state index contributed by atoms with van der Waals surface area (Å²) in [6, 6.07) is -0.135. The second-order valence-corrected chi connectivity index (χ2v) is 4.90.